The molecule has 1 aromatic carbocycles. The molecule has 1 aromatic heterocycles. The molecular formula is C24H33N3O5. The molecule has 0 saturated carbocycles. The molecule has 2 unspecified atom stereocenters. The number of anilines is 1. The molecule has 8 nitrogen and oxygen atoms in total. The number of aromatic nitrogens is 2. The molecule has 3 heterocycles. The molecule has 174 valence electrons. The van der Waals surface area contributed by atoms with Crippen LogP contribution in [-0.4, -0.2) is 40.1 Å². The van der Waals surface area contributed by atoms with E-state index in [-0.39, 0.29) is 35.8 Å². The minimum Gasteiger partial charge on any atom is -0.373 e. The van der Waals surface area contributed by atoms with Crippen molar-refractivity contribution < 1.29 is 18.9 Å². The minimum atomic E-state index is -0.468. The second-order valence-corrected chi connectivity index (χ2v) is 9.56. The van der Waals surface area contributed by atoms with E-state index in [2.05, 4.69) is 10.3 Å². The lowest BCUT2D eigenvalue weighted by molar-refractivity contribution is -0.115. The highest BCUT2D eigenvalue weighted by Gasteiger charge is 2.39. The van der Waals surface area contributed by atoms with Gasteiger partial charge in [-0.05, 0) is 34.6 Å². The predicted octanol–water partition coefficient (Wildman–Crippen LogP) is 3.78. The van der Waals surface area contributed by atoms with E-state index in [0.717, 1.165) is 11.1 Å². The Morgan fingerprint density at radius 2 is 2.00 bits per heavy atom. The van der Waals surface area contributed by atoms with Gasteiger partial charge in [-0.2, -0.15) is 4.98 Å². The van der Waals surface area contributed by atoms with Crippen LogP contribution in [0, 0.1) is 0 Å². The van der Waals surface area contributed by atoms with Gasteiger partial charge in [-0.3, -0.25) is 4.57 Å². The van der Waals surface area contributed by atoms with Crippen LogP contribution < -0.4 is 11.0 Å². The Kier molecular flexibility index (Phi) is 6.67. The van der Waals surface area contributed by atoms with Gasteiger partial charge in [0.15, 0.2) is 6.23 Å². The smallest absolute Gasteiger partial charge is 0.351 e. The van der Waals surface area contributed by atoms with Gasteiger partial charge in [0.2, 0.25) is 0 Å². The number of hydrogen-bond donors (Lipinski definition) is 1. The molecule has 1 fully saturated rings. The van der Waals surface area contributed by atoms with Crippen LogP contribution in [0.3, 0.4) is 0 Å². The zero-order valence-electron chi connectivity index (χ0n) is 19.4. The maximum Gasteiger partial charge on any atom is 0.351 e. The van der Waals surface area contributed by atoms with Crippen molar-refractivity contribution in [2.24, 2.45) is 0 Å². The van der Waals surface area contributed by atoms with E-state index in [1.807, 2.05) is 65.0 Å². The molecule has 0 radical (unpaired) electrons. The van der Waals surface area contributed by atoms with Gasteiger partial charge in [0, 0.05) is 23.7 Å². The van der Waals surface area contributed by atoms with Gasteiger partial charge in [0.05, 0.1) is 31.0 Å². The van der Waals surface area contributed by atoms with E-state index < -0.39 is 6.23 Å². The highest BCUT2D eigenvalue weighted by Crippen LogP contribution is 2.33. The number of nitrogens with one attached hydrogen (secondary N) is 1. The summed E-state index contributed by atoms with van der Waals surface area (Å²) < 4.78 is 25.8. The number of hydrogen-bond acceptors (Lipinski definition) is 7. The molecule has 8 heteroatoms. The SMILES string of the molecule is CC(C)OC1C[C@H](n2cc3c(nc2=O)NC(c2ccccc2)OC3)O[C@@H]1COC(C)(C)C. The molecule has 2 aliphatic rings. The van der Waals surface area contributed by atoms with Gasteiger partial charge in [-0.15, -0.1) is 0 Å². The average molecular weight is 444 g/mol. The summed E-state index contributed by atoms with van der Waals surface area (Å²) in [5.41, 5.74) is 1.15. The summed E-state index contributed by atoms with van der Waals surface area (Å²) in [6, 6.07) is 9.81. The first kappa shape index (κ1) is 22.9. The van der Waals surface area contributed by atoms with Crippen molar-refractivity contribution in [1.29, 1.82) is 0 Å². The van der Waals surface area contributed by atoms with Gasteiger partial charge < -0.3 is 24.3 Å². The van der Waals surface area contributed by atoms with Crippen molar-refractivity contribution in [3.05, 3.63) is 58.1 Å². The van der Waals surface area contributed by atoms with Gasteiger partial charge in [-0.1, -0.05) is 30.3 Å². The van der Waals surface area contributed by atoms with Crippen LogP contribution in [0.1, 0.15) is 64.6 Å². The molecule has 0 aliphatic carbocycles. The lowest BCUT2D eigenvalue weighted by Gasteiger charge is -2.28. The lowest BCUT2D eigenvalue weighted by Crippen LogP contribution is -2.34. The number of ether oxygens (including phenoxy) is 4. The van der Waals surface area contributed by atoms with E-state index in [0.29, 0.717) is 25.5 Å². The van der Waals surface area contributed by atoms with Crippen molar-refractivity contribution in [2.75, 3.05) is 11.9 Å². The fourth-order valence-electron chi connectivity index (χ4n) is 3.94. The fourth-order valence-corrected chi connectivity index (χ4v) is 3.94. The Labute approximate surface area is 188 Å². The summed E-state index contributed by atoms with van der Waals surface area (Å²) in [6.07, 6.45) is 1.15. The Morgan fingerprint density at radius 1 is 1.25 bits per heavy atom. The van der Waals surface area contributed by atoms with Gasteiger partial charge in [0.1, 0.15) is 18.1 Å². The molecule has 0 spiro atoms. The van der Waals surface area contributed by atoms with E-state index >= 15 is 0 Å². The van der Waals surface area contributed by atoms with Gasteiger partial charge in [0.25, 0.3) is 0 Å². The molecule has 1 N–H and O–H groups in total. The standard InChI is InChI=1S/C24H33N3O5/c1-15(2)31-18-11-20(32-19(18)14-30-24(3,4)5)27-12-17-13-29-22(16-9-7-6-8-10-16)25-21(17)26-23(27)28/h6-10,12,15,18-20,22H,11,13-14H2,1-5H3,(H,25,26,28)/t18?,19-,20-,22?/m1/s1. The minimum absolute atomic E-state index is 0.0467. The monoisotopic (exact) mass is 443 g/mol. The third kappa shape index (κ3) is 5.38. The molecular weight excluding hydrogens is 410 g/mol. The van der Waals surface area contributed by atoms with Crippen LogP contribution in [0.5, 0.6) is 0 Å². The molecule has 4 rings (SSSR count). The molecule has 4 atom stereocenters. The average Bonchev–Trinajstić information content (AvgIpc) is 3.13. The largest absolute Gasteiger partial charge is 0.373 e. The molecule has 2 aromatic rings. The molecule has 1 saturated heterocycles. The highest BCUT2D eigenvalue weighted by molar-refractivity contribution is 5.45. The van der Waals surface area contributed by atoms with Crippen molar-refractivity contribution in [1.82, 2.24) is 9.55 Å². The molecule has 0 bridgehead atoms. The normalized spacial score (nSPS) is 25.6. The third-order valence-electron chi connectivity index (χ3n) is 5.42. The zero-order chi connectivity index (χ0) is 22.9. The van der Waals surface area contributed by atoms with E-state index in [4.69, 9.17) is 18.9 Å². The summed E-state index contributed by atoms with van der Waals surface area (Å²) in [5.74, 6) is 0.548. The first-order valence-corrected chi connectivity index (χ1v) is 11.2. The summed E-state index contributed by atoms with van der Waals surface area (Å²) in [6.45, 7) is 10.8. The zero-order valence-corrected chi connectivity index (χ0v) is 19.4. The number of benzene rings is 1. The first-order chi connectivity index (χ1) is 15.2. The Bertz CT molecular complexity index is 970. The molecule has 2 aliphatic heterocycles. The maximum atomic E-state index is 12.9. The van der Waals surface area contributed by atoms with Crippen LogP contribution >= 0.6 is 0 Å². The second kappa shape index (κ2) is 9.31. The number of nitrogens with zero attached hydrogens (tertiary/aromatic N) is 2. The van der Waals surface area contributed by atoms with E-state index in [1.54, 1.807) is 10.8 Å². The predicted molar refractivity (Wildman–Crippen MR) is 120 cm³/mol. The van der Waals surface area contributed by atoms with Crippen molar-refractivity contribution in [2.45, 2.75) is 84.0 Å². The topological polar surface area (TPSA) is 83.8 Å². The summed E-state index contributed by atoms with van der Waals surface area (Å²) in [5, 5.41) is 3.22. The van der Waals surface area contributed by atoms with Crippen LogP contribution in [0.2, 0.25) is 0 Å². The van der Waals surface area contributed by atoms with Crippen LogP contribution in [0.25, 0.3) is 0 Å². The van der Waals surface area contributed by atoms with Gasteiger partial charge >= 0.3 is 5.69 Å². The maximum absolute atomic E-state index is 12.9. The lowest BCUT2D eigenvalue weighted by atomic mass is 10.1. The highest BCUT2D eigenvalue weighted by atomic mass is 16.6. The summed E-state index contributed by atoms with van der Waals surface area (Å²) in [7, 11) is 0. The Hall–Kier alpha value is -2.26. The quantitative estimate of drug-likeness (QED) is 0.727. The number of rotatable bonds is 6. The second-order valence-electron chi connectivity index (χ2n) is 9.56. The third-order valence-corrected chi connectivity index (χ3v) is 5.42. The Balaban J connectivity index is 1.52. The van der Waals surface area contributed by atoms with Crippen molar-refractivity contribution in [3.63, 3.8) is 0 Å². The molecule has 0 amide bonds. The Morgan fingerprint density at radius 3 is 2.69 bits per heavy atom. The van der Waals surface area contributed by atoms with E-state index in [1.165, 1.54) is 0 Å². The van der Waals surface area contributed by atoms with Crippen molar-refractivity contribution >= 4 is 5.82 Å². The van der Waals surface area contributed by atoms with Crippen LogP contribution in [0.15, 0.2) is 41.3 Å². The van der Waals surface area contributed by atoms with E-state index in [9.17, 15) is 4.79 Å². The summed E-state index contributed by atoms with van der Waals surface area (Å²) in [4.78, 5) is 17.2. The van der Waals surface area contributed by atoms with Crippen LogP contribution in [0.4, 0.5) is 5.82 Å². The van der Waals surface area contributed by atoms with Gasteiger partial charge in [-0.25, -0.2) is 4.79 Å². The fraction of sp³-hybridized carbons (Fsp3) is 0.583. The molecule has 32 heavy (non-hydrogen) atoms. The van der Waals surface area contributed by atoms with Crippen LogP contribution in [-0.2, 0) is 25.6 Å². The number of fused-ring (bicyclic) bond motifs is 1. The first-order valence-electron chi connectivity index (χ1n) is 11.2. The van der Waals surface area contributed by atoms with Crippen molar-refractivity contribution in [3.8, 4) is 0 Å². The summed E-state index contributed by atoms with van der Waals surface area (Å²) >= 11 is 0.